The Morgan fingerprint density at radius 2 is 1.43 bits per heavy atom. The first-order valence-corrected chi connectivity index (χ1v) is 16.2. The molecule has 242 valence electrons. The van der Waals surface area contributed by atoms with Gasteiger partial charge < -0.3 is 10.2 Å². The van der Waals surface area contributed by atoms with Crippen LogP contribution in [-0.4, -0.2) is 43.8 Å². The number of nitrogens with zero attached hydrogens (tertiary/aromatic N) is 2. The van der Waals surface area contributed by atoms with Gasteiger partial charge in [-0.15, -0.1) is 0 Å². The van der Waals surface area contributed by atoms with Crippen molar-refractivity contribution in [2.24, 2.45) is 0 Å². The smallest absolute Gasteiger partial charge is 0.352 e. The fraction of sp³-hybridized carbons (Fsp3) is 0.235. The minimum absolute atomic E-state index is 0.0910. The number of halogens is 4. The van der Waals surface area contributed by atoms with Gasteiger partial charge in [0, 0.05) is 24.0 Å². The number of anilines is 1. The van der Waals surface area contributed by atoms with E-state index < -0.39 is 46.2 Å². The van der Waals surface area contributed by atoms with Crippen LogP contribution in [0.15, 0.2) is 114 Å². The molecule has 46 heavy (non-hydrogen) atoms. The van der Waals surface area contributed by atoms with Crippen molar-refractivity contribution < 1.29 is 31.2 Å². The van der Waals surface area contributed by atoms with Crippen molar-refractivity contribution in [1.29, 1.82) is 0 Å². The van der Waals surface area contributed by atoms with Crippen molar-refractivity contribution in [1.82, 2.24) is 10.2 Å². The molecule has 0 aliphatic heterocycles. The molecule has 1 atom stereocenters. The summed E-state index contributed by atoms with van der Waals surface area (Å²) in [4.78, 5) is 29.1. The highest BCUT2D eigenvalue weighted by molar-refractivity contribution is 7.92. The van der Waals surface area contributed by atoms with Crippen LogP contribution in [0.3, 0.4) is 0 Å². The molecule has 0 aromatic heterocycles. The van der Waals surface area contributed by atoms with Gasteiger partial charge >= 0.3 is 6.18 Å². The molecule has 1 N–H and O–H groups in total. The molecule has 0 aliphatic carbocycles. The molecule has 2 amide bonds. The molecule has 1 unspecified atom stereocenters. The molecule has 0 saturated carbocycles. The summed E-state index contributed by atoms with van der Waals surface area (Å²) in [5.41, 5.74) is -0.0941. The Labute approximate surface area is 271 Å². The fourth-order valence-electron chi connectivity index (χ4n) is 4.81. The van der Waals surface area contributed by atoms with E-state index in [1.807, 2.05) is 6.07 Å². The van der Waals surface area contributed by atoms with E-state index in [-0.39, 0.29) is 29.6 Å². The Balaban J connectivity index is 1.83. The normalized spacial score (nSPS) is 12.4. The fourth-order valence-corrected chi connectivity index (χ4v) is 6.36. The second-order valence-electron chi connectivity index (χ2n) is 10.9. The summed E-state index contributed by atoms with van der Waals surface area (Å²) in [7, 11) is -4.55. The zero-order valence-corrected chi connectivity index (χ0v) is 26.7. The molecule has 0 aliphatic rings. The predicted octanol–water partition coefficient (Wildman–Crippen LogP) is 6.72. The van der Waals surface area contributed by atoms with Crippen LogP contribution in [0.4, 0.5) is 18.9 Å². The number of amides is 2. The minimum atomic E-state index is -4.77. The van der Waals surface area contributed by atoms with Gasteiger partial charge in [0.1, 0.15) is 12.6 Å². The molecular formula is C34H33ClF3N3O4S. The number of benzene rings is 4. The maximum atomic E-state index is 14.4. The van der Waals surface area contributed by atoms with E-state index in [0.717, 1.165) is 17.7 Å². The lowest BCUT2D eigenvalue weighted by Crippen LogP contribution is -2.54. The number of hydrogen-bond donors (Lipinski definition) is 1. The average molecular weight is 672 g/mol. The highest BCUT2D eigenvalue weighted by Gasteiger charge is 2.36. The Kier molecular flexibility index (Phi) is 11.1. The van der Waals surface area contributed by atoms with Gasteiger partial charge in [-0.05, 0) is 67.4 Å². The molecule has 7 nitrogen and oxygen atoms in total. The molecule has 0 spiro atoms. The van der Waals surface area contributed by atoms with Gasteiger partial charge in [-0.3, -0.25) is 13.9 Å². The number of sulfonamides is 1. The van der Waals surface area contributed by atoms with Crippen molar-refractivity contribution in [3.05, 3.63) is 131 Å². The minimum Gasteiger partial charge on any atom is -0.352 e. The summed E-state index contributed by atoms with van der Waals surface area (Å²) < 4.78 is 69.7. The van der Waals surface area contributed by atoms with Crippen LogP contribution in [-0.2, 0) is 38.8 Å². The first-order chi connectivity index (χ1) is 21.8. The molecule has 4 aromatic carbocycles. The number of carbonyl (C=O) groups excluding carboxylic acids is 2. The topological polar surface area (TPSA) is 86.8 Å². The molecule has 0 heterocycles. The molecule has 4 rings (SSSR count). The summed E-state index contributed by atoms with van der Waals surface area (Å²) in [6, 6.07) is 25.1. The molecule has 4 aromatic rings. The Morgan fingerprint density at radius 3 is 2.02 bits per heavy atom. The third-order valence-corrected chi connectivity index (χ3v) is 9.08. The van der Waals surface area contributed by atoms with Gasteiger partial charge in [0.25, 0.3) is 10.0 Å². The van der Waals surface area contributed by atoms with Gasteiger partial charge in [0.15, 0.2) is 0 Å². The van der Waals surface area contributed by atoms with Crippen molar-refractivity contribution in [2.75, 3.05) is 10.8 Å². The van der Waals surface area contributed by atoms with E-state index in [9.17, 15) is 31.2 Å². The van der Waals surface area contributed by atoms with Crippen LogP contribution in [0.5, 0.6) is 0 Å². The summed E-state index contributed by atoms with van der Waals surface area (Å²) in [6.07, 6.45) is -4.67. The standard InChI is InChI=1S/C34H33ClF3N3O4S/c1-24(2)39-33(43)31(20-25-10-5-3-6-11-25)40(22-26-16-18-28(35)19-17-26)32(42)23-41(46(44,45)30-14-7-4-8-15-30)29-13-9-12-27(21-29)34(36,37)38/h3-19,21,24,31H,20,22-23H2,1-2H3,(H,39,43). The molecule has 0 saturated heterocycles. The molecule has 0 bridgehead atoms. The van der Waals surface area contributed by atoms with Crippen LogP contribution in [0.25, 0.3) is 0 Å². The van der Waals surface area contributed by atoms with Crippen LogP contribution in [0, 0.1) is 0 Å². The quantitative estimate of drug-likeness (QED) is 0.181. The first-order valence-electron chi connectivity index (χ1n) is 14.4. The Morgan fingerprint density at radius 1 is 0.826 bits per heavy atom. The van der Waals surface area contributed by atoms with Crippen molar-refractivity contribution >= 4 is 39.1 Å². The second kappa shape index (κ2) is 14.8. The molecule has 12 heteroatoms. The van der Waals surface area contributed by atoms with Gasteiger partial charge in [-0.1, -0.05) is 78.3 Å². The van der Waals surface area contributed by atoms with E-state index in [0.29, 0.717) is 21.0 Å². The van der Waals surface area contributed by atoms with Gasteiger partial charge in [0.05, 0.1) is 16.1 Å². The summed E-state index contributed by atoms with van der Waals surface area (Å²) in [5, 5.41) is 3.30. The maximum Gasteiger partial charge on any atom is 0.416 e. The van der Waals surface area contributed by atoms with Crippen molar-refractivity contribution in [3.63, 3.8) is 0 Å². The first kappa shape index (κ1) is 34.5. The summed E-state index contributed by atoms with van der Waals surface area (Å²) >= 11 is 6.08. The zero-order chi connectivity index (χ0) is 33.5. The van der Waals surface area contributed by atoms with E-state index in [1.54, 1.807) is 68.4 Å². The predicted molar refractivity (Wildman–Crippen MR) is 172 cm³/mol. The highest BCUT2D eigenvalue weighted by atomic mass is 35.5. The lowest BCUT2D eigenvalue weighted by Gasteiger charge is -2.34. The zero-order valence-electron chi connectivity index (χ0n) is 25.1. The average Bonchev–Trinajstić information content (AvgIpc) is 3.02. The van der Waals surface area contributed by atoms with Crippen LogP contribution in [0.2, 0.25) is 5.02 Å². The number of hydrogen-bond acceptors (Lipinski definition) is 4. The second-order valence-corrected chi connectivity index (χ2v) is 13.2. The van der Waals surface area contributed by atoms with Crippen molar-refractivity contribution in [3.8, 4) is 0 Å². The molecule has 0 radical (unpaired) electrons. The number of alkyl halides is 3. The van der Waals surface area contributed by atoms with Gasteiger partial charge in [-0.25, -0.2) is 8.42 Å². The van der Waals surface area contributed by atoms with Gasteiger partial charge in [0.2, 0.25) is 11.8 Å². The summed E-state index contributed by atoms with van der Waals surface area (Å²) in [5.74, 6) is -1.27. The van der Waals surface area contributed by atoms with Gasteiger partial charge in [-0.2, -0.15) is 13.2 Å². The van der Waals surface area contributed by atoms with E-state index in [2.05, 4.69) is 5.32 Å². The number of nitrogens with one attached hydrogen (secondary N) is 1. The highest BCUT2D eigenvalue weighted by Crippen LogP contribution is 2.33. The number of rotatable bonds is 12. The van der Waals surface area contributed by atoms with E-state index in [4.69, 9.17) is 11.6 Å². The van der Waals surface area contributed by atoms with E-state index >= 15 is 0 Å². The van der Waals surface area contributed by atoms with Crippen molar-refractivity contribution in [2.45, 2.75) is 50.0 Å². The third kappa shape index (κ3) is 8.88. The van der Waals surface area contributed by atoms with E-state index in [1.165, 1.54) is 35.2 Å². The lowest BCUT2D eigenvalue weighted by atomic mass is 10.0. The monoisotopic (exact) mass is 671 g/mol. The Bertz CT molecular complexity index is 1740. The van der Waals surface area contributed by atoms with Crippen LogP contribution < -0.4 is 9.62 Å². The largest absolute Gasteiger partial charge is 0.416 e. The maximum absolute atomic E-state index is 14.4. The third-order valence-electron chi connectivity index (χ3n) is 7.04. The van der Waals surface area contributed by atoms with Crippen LogP contribution >= 0.6 is 11.6 Å². The van der Waals surface area contributed by atoms with Crippen LogP contribution in [0.1, 0.15) is 30.5 Å². The molecule has 0 fully saturated rings. The lowest BCUT2D eigenvalue weighted by molar-refractivity contribution is -0.140. The molecular weight excluding hydrogens is 639 g/mol. The SMILES string of the molecule is CC(C)NC(=O)C(Cc1ccccc1)N(Cc1ccc(Cl)cc1)C(=O)CN(c1cccc(C(F)(F)F)c1)S(=O)(=O)c1ccccc1. The Hall–Kier alpha value is -4.35. The number of carbonyl (C=O) groups is 2. The summed E-state index contributed by atoms with van der Waals surface area (Å²) in [6.45, 7) is 2.54.